The third kappa shape index (κ3) is 2.88. The van der Waals surface area contributed by atoms with E-state index in [-0.39, 0.29) is 0 Å². The predicted octanol–water partition coefficient (Wildman–Crippen LogP) is 1.98. The molecule has 1 unspecified atom stereocenters. The number of hydrogen-bond donors (Lipinski definition) is 1. The molecule has 0 saturated carbocycles. The van der Waals surface area contributed by atoms with Crippen LogP contribution in [0.25, 0.3) is 0 Å². The Kier molecular flexibility index (Phi) is 3.71. The highest BCUT2D eigenvalue weighted by atomic mass is 35.5. The van der Waals surface area contributed by atoms with Gasteiger partial charge in [-0.3, -0.25) is 0 Å². The molecule has 0 amide bonds. The average Bonchev–Trinajstić information content (AvgIpc) is 2.16. The summed E-state index contributed by atoms with van der Waals surface area (Å²) in [5.41, 5.74) is 0. The van der Waals surface area contributed by atoms with E-state index in [1.54, 1.807) is 19.1 Å². The summed E-state index contributed by atoms with van der Waals surface area (Å²) in [6, 6.07) is 3.13. The lowest BCUT2D eigenvalue weighted by Crippen LogP contribution is -2.25. The van der Waals surface area contributed by atoms with Crippen LogP contribution in [-0.2, 0) is 4.79 Å². The van der Waals surface area contributed by atoms with Gasteiger partial charge in [0.1, 0.15) is 10.9 Å². The molecule has 76 valence electrons. The van der Waals surface area contributed by atoms with Crippen molar-refractivity contribution in [3.8, 4) is 5.75 Å². The first-order chi connectivity index (χ1) is 6.63. The van der Waals surface area contributed by atoms with Crippen LogP contribution in [-0.4, -0.2) is 22.2 Å². The van der Waals surface area contributed by atoms with E-state index in [9.17, 15) is 4.79 Å². The monoisotopic (exact) mass is 215 g/mol. The molecule has 0 aliphatic rings. The number of halogens is 1. The zero-order valence-electron chi connectivity index (χ0n) is 7.61. The van der Waals surface area contributed by atoms with Gasteiger partial charge in [-0.25, -0.2) is 9.78 Å². The van der Waals surface area contributed by atoms with Crippen LogP contribution in [0.5, 0.6) is 5.75 Å². The first-order valence-electron chi connectivity index (χ1n) is 4.14. The maximum absolute atomic E-state index is 10.6. The van der Waals surface area contributed by atoms with Gasteiger partial charge in [-0.15, -0.1) is 0 Å². The molecule has 0 aliphatic heterocycles. The maximum atomic E-state index is 10.6. The van der Waals surface area contributed by atoms with Crippen molar-refractivity contribution in [1.82, 2.24) is 4.98 Å². The van der Waals surface area contributed by atoms with Gasteiger partial charge in [0.15, 0.2) is 6.10 Å². The quantitative estimate of drug-likeness (QED) is 0.781. The molecule has 1 atom stereocenters. The second-order valence-electron chi connectivity index (χ2n) is 2.67. The van der Waals surface area contributed by atoms with Gasteiger partial charge >= 0.3 is 5.97 Å². The van der Waals surface area contributed by atoms with Gasteiger partial charge in [0, 0.05) is 0 Å². The summed E-state index contributed by atoms with van der Waals surface area (Å²) in [6.07, 6.45) is 0.962. The number of hydrogen-bond acceptors (Lipinski definition) is 3. The highest BCUT2D eigenvalue weighted by Gasteiger charge is 2.16. The Balaban J connectivity index is 2.67. The van der Waals surface area contributed by atoms with Crippen molar-refractivity contribution in [1.29, 1.82) is 0 Å². The van der Waals surface area contributed by atoms with Gasteiger partial charge in [-0.05, 0) is 18.6 Å². The van der Waals surface area contributed by atoms with E-state index < -0.39 is 12.1 Å². The Morgan fingerprint density at radius 1 is 1.71 bits per heavy atom. The molecule has 0 radical (unpaired) electrons. The molecule has 1 N–H and O–H groups in total. The van der Waals surface area contributed by atoms with E-state index in [0.717, 1.165) is 0 Å². The van der Waals surface area contributed by atoms with Crippen molar-refractivity contribution in [2.75, 3.05) is 0 Å². The summed E-state index contributed by atoms with van der Waals surface area (Å²) in [5, 5.41) is 9.07. The molecule has 4 nitrogen and oxygen atoms in total. The lowest BCUT2D eigenvalue weighted by molar-refractivity contribution is -0.145. The van der Waals surface area contributed by atoms with Crippen LogP contribution in [0.1, 0.15) is 13.3 Å². The van der Waals surface area contributed by atoms with Crippen molar-refractivity contribution >= 4 is 17.6 Å². The highest BCUT2D eigenvalue weighted by Crippen LogP contribution is 2.14. The highest BCUT2D eigenvalue weighted by molar-refractivity contribution is 6.29. The zero-order valence-corrected chi connectivity index (χ0v) is 8.36. The topological polar surface area (TPSA) is 59.4 Å². The average molecular weight is 216 g/mol. The van der Waals surface area contributed by atoms with Crippen LogP contribution < -0.4 is 4.74 Å². The van der Waals surface area contributed by atoms with Crippen molar-refractivity contribution in [2.24, 2.45) is 0 Å². The van der Waals surface area contributed by atoms with Crippen molar-refractivity contribution in [3.63, 3.8) is 0 Å². The van der Waals surface area contributed by atoms with Crippen LogP contribution >= 0.6 is 11.6 Å². The smallest absolute Gasteiger partial charge is 0.344 e. The fourth-order valence-electron chi connectivity index (χ4n) is 0.905. The zero-order chi connectivity index (χ0) is 10.6. The molecule has 0 bridgehead atoms. The molecular weight excluding hydrogens is 206 g/mol. The molecule has 0 spiro atoms. The van der Waals surface area contributed by atoms with Crippen molar-refractivity contribution in [3.05, 3.63) is 23.5 Å². The Labute approximate surface area is 86.5 Å². The van der Waals surface area contributed by atoms with E-state index in [1.165, 1.54) is 6.20 Å². The van der Waals surface area contributed by atoms with E-state index in [2.05, 4.69) is 4.98 Å². The number of rotatable bonds is 4. The van der Waals surface area contributed by atoms with E-state index in [0.29, 0.717) is 17.3 Å². The second kappa shape index (κ2) is 4.81. The number of carbonyl (C=O) groups is 1. The second-order valence-corrected chi connectivity index (χ2v) is 3.06. The van der Waals surface area contributed by atoms with Crippen molar-refractivity contribution in [2.45, 2.75) is 19.4 Å². The SMILES string of the molecule is CCC(Oc1ccc(Cl)nc1)C(=O)O. The first-order valence-corrected chi connectivity index (χ1v) is 4.52. The fourth-order valence-corrected chi connectivity index (χ4v) is 1.02. The van der Waals surface area contributed by atoms with Crippen LogP contribution in [0, 0.1) is 0 Å². The number of carboxylic acid groups (broad SMARTS) is 1. The van der Waals surface area contributed by atoms with Gasteiger partial charge in [-0.2, -0.15) is 0 Å². The van der Waals surface area contributed by atoms with Crippen molar-refractivity contribution < 1.29 is 14.6 Å². The molecule has 1 heterocycles. The molecule has 1 aromatic heterocycles. The minimum Gasteiger partial charge on any atom is -0.479 e. The summed E-state index contributed by atoms with van der Waals surface area (Å²) >= 11 is 5.56. The van der Waals surface area contributed by atoms with Gasteiger partial charge in [-0.1, -0.05) is 18.5 Å². The maximum Gasteiger partial charge on any atom is 0.344 e. The standard InChI is InChI=1S/C9H10ClNO3/c1-2-7(9(12)13)14-6-3-4-8(10)11-5-6/h3-5,7H,2H2,1H3,(H,12,13). The predicted molar refractivity (Wildman–Crippen MR) is 51.6 cm³/mol. The fraction of sp³-hybridized carbons (Fsp3) is 0.333. The summed E-state index contributed by atoms with van der Waals surface area (Å²) in [4.78, 5) is 14.4. The molecule has 1 rings (SSSR count). The lowest BCUT2D eigenvalue weighted by Gasteiger charge is -2.12. The summed E-state index contributed by atoms with van der Waals surface area (Å²) in [6.45, 7) is 1.74. The van der Waals surface area contributed by atoms with Gasteiger partial charge in [0.05, 0.1) is 6.20 Å². The van der Waals surface area contributed by atoms with Gasteiger partial charge in [0.2, 0.25) is 0 Å². The normalized spacial score (nSPS) is 12.1. The molecule has 5 heteroatoms. The third-order valence-corrected chi connectivity index (χ3v) is 1.85. The van der Waals surface area contributed by atoms with Crippen LogP contribution in [0.15, 0.2) is 18.3 Å². The largest absolute Gasteiger partial charge is 0.479 e. The van der Waals surface area contributed by atoms with Gasteiger partial charge in [0.25, 0.3) is 0 Å². The Bertz CT molecular complexity index is 312. The molecule has 0 saturated heterocycles. The van der Waals surface area contributed by atoms with E-state index in [4.69, 9.17) is 21.4 Å². The Morgan fingerprint density at radius 3 is 2.86 bits per heavy atom. The number of aromatic nitrogens is 1. The molecule has 0 fully saturated rings. The van der Waals surface area contributed by atoms with E-state index >= 15 is 0 Å². The minimum absolute atomic E-state index is 0.348. The van der Waals surface area contributed by atoms with Crippen LogP contribution in [0.3, 0.4) is 0 Å². The number of pyridine rings is 1. The summed E-state index contributed by atoms with van der Waals surface area (Å²) < 4.78 is 5.16. The van der Waals surface area contributed by atoms with E-state index in [1.807, 2.05) is 0 Å². The van der Waals surface area contributed by atoms with Crippen LogP contribution in [0.4, 0.5) is 0 Å². The molecule has 1 aromatic rings. The van der Waals surface area contributed by atoms with Gasteiger partial charge < -0.3 is 9.84 Å². The molecule has 0 aliphatic carbocycles. The third-order valence-electron chi connectivity index (χ3n) is 1.62. The van der Waals surface area contributed by atoms with Crippen LogP contribution in [0.2, 0.25) is 5.15 Å². The lowest BCUT2D eigenvalue weighted by atomic mass is 10.3. The Hall–Kier alpha value is -1.29. The summed E-state index contributed by atoms with van der Waals surface area (Å²) in [7, 11) is 0. The molecular formula is C9H10ClNO3. The Morgan fingerprint density at radius 2 is 2.43 bits per heavy atom. The minimum atomic E-state index is -0.984. The molecule has 0 aromatic carbocycles. The molecule has 14 heavy (non-hydrogen) atoms. The number of aliphatic carboxylic acids is 1. The number of carboxylic acids is 1. The number of ether oxygens (including phenoxy) is 1. The number of nitrogens with zero attached hydrogens (tertiary/aromatic N) is 1. The summed E-state index contributed by atoms with van der Waals surface area (Å²) in [5.74, 6) is -0.578. The first kappa shape index (κ1) is 10.8.